The van der Waals surface area contributed by atoms with Gasteiger partial charge >= 0.3 is 0 Å². The summed E-state index contributed by atoms with van der Waals surface area (Å²) >= 11 is 0. The zero-order valence-electron chi connectivity index (χ0n) is 17.9. The van der Waals surface area contributed by atoms with E-state index in [-0.39, 0.29) is 11.6 Å². The molecule has 0 saturated carbocycles. The van der Waals surface area contributed by atoms with E-state index in [4.69, 9.17) is 12.2 Å². The van der Waals surface area contributed by atoms with Crippen molar-refractivity contribution in [3.63, 3.8) is 0 Å². The number of ether oxygens (including phenoxy) is 2. The number of hydrogen-bond donors (Lipinski definition) is 1. The van der Waals surface area contributed by atoms with Crippen LogP contribution in [-0.2, 0) is 11.2 Å². The summed E-state index contributed by atoms with van der Waals surface area (Å²) in [4.78, 5) is 8.93. The second-order valence-electron chi connectivity index (χ2n) is 7.25. The van der Waals surface area contributed by atoms with Gasteiger partial charge in [-0.15, -0.1) is 0 Å². The van der Waals surface area contributed by atoms with Gasteiger partial charge in [-0.1, -0.05) is 42.5 Å². The van der Waals surface area contributed by atoms with Crippen molar-refractivity contribution in [1.82, 2.24) is 4.98 Å². The Bertz CT molecular complexity index is 1420. The van der Waals surface area contributed by atoms with Crippen LogP contribution >= 0.6 is 0 Å². The molecule has 0 bridgehead atoms. The van der Waals surface area contributed by atoms with Gasteiger partial charge < -0.3 is 14.6 Å². The van der Waals surface area contributed by atoms with Gasteiger partial charge in [-0.2, -0.15) is 0 Å². The second kappa shape index (κ2) is 6.59. The van der Waals surface area contributed by atoms with Crippen molar-refractivity contribution in [3.05, 3.63) is 95.6 Å². The minimum atomic E-state index is -1.51. The zero-order chi connectivity index (χ0) is 21.9. The summed E-state index contributed by atoms with van der Waals surface area (Å²) in [6.07, 6.45) is -1.19. The average molecular weight is 396 g/mol. The van der Waals surface area contributed by atoms with E-state index in [1.807, 2.05) is 42.5 Å². The largest absolute Gasteiger partial charge is 0.506 e. The van der Waals surface area contributed by atoms with Crippen LogP contribution in [0.1, 0.15) is 25.4 Å². The fraction of sp³-hybridized carbons (Fsp3) is 0.120. The van der Waals surface area contributed by atoms with Crippen LogP contribution in [0.25, 0.3) is 10.9 Å². The SMILES string of the molecule is [2H][C@@]12Cc3ccccc3[C@]1([2H])N=C(c1cccc(Oc3ccc4cccc(O)c4n3)c1)O2. The highest BCUT2D eigenvalue weighted by Gasteiger charge is 2.39. The van der Waals surface area contributed by atoms with E-state index in [0.29, 0.717) is 34.7 Å². The first-order valence-corrected chi connectivity index (χ1v) is 9.70. The second-order valence-corrected chi connectivity index (χ2v) is 7.25. The molecule has 1 aromatic heterocycles. The van der Waals surface area contributed by atoms with Crippen molar-refractivity contribution in [2.24, 2.45) is 4.99 Å². The van der Waals surface area contributed by atoms with Gasteiger partial charge in [0.15, 0.2) is 0 Å². The molecule has 2 atom stereocenters. The van der Waals surface area contributed by atoms with Crippen LogP contribution in [0.2, 0.25) is 0 Å². The van der Waals surface area contributed by atoms with Crippen LogP contribution in [0, 0.1) is 0 Å². The van der Waals surface area contributed by atoms with Gasteiger partial charge in [0.1, 0.15) is 29.1 Å². The third-order valence-electron chi connectivity index (χ3n) is 5.30. The van der Waals surface area contributed by atoms with Crippen molar-refractivity contribution in [1.29, 1.82) is 0 Å². The first kappa shape index (κ1) is 15.0. The smallest absolute Gasteiger partial charge is 0.219 e. The Morgan fingerprint density at radius 1 is 1.00 bits per heavy atom. The number of fused-ring (bicyclic) bond motifs is 4. The van der Waals surface area contributed by atoms with E-state index in [9.17, 15) is 5.11 Å². The first-order valence-electron chi connectivity index (χ1n) is 10.7. The third kappa shape index (κ3) is 2.78. The maximum absolute atomic E-state index is 10.1. The Balaban J connectivity index is 1.33. The van der Waals surface area contributed by atoms with E-state index >= 15 is 0 Å². The summed E-state index contributed by atoms with van der Waals surface area (Å²) in [6, 6.07) is 21.9. The third-order valence-corrected chi connectivity index (χ3v) is 5.30. The van der Waals surface area contributed by atoms with Crippen LogP contribution in [0.5, 0.6) is 17.4 Å². The molecule has 30 heavy (non-hydrogen) atoms. The van der Waals surface area contributed by atoms with Gasteiger partial charge in [0.05, 0.1) is 2.74 Å². The number of pyridine rings is 1. The number of rotatable bonds is 3. The molecule has 2 aliphatic rings. The number of aromatic hydroxyl groups is 1. The Hall–Kier alpha value is -3.86. The molecule has 0 spiro atoms. The molecule has 6 rings (SSSR count). The number of hydrogen-bond acceptors (Lipinski definition) is 5. The molecular weight excluding hydrogens is 376 g/mol. The molecule has 146 valence electrons. The van der Waals surface area contributed by atoms with Crippen molar-refractivity contribution in [2.45, 2.75) is 18.5 Å². The molecule has 0 unspecified atom stereocenters. The van der Waals surface area contributed by atoms with Gasteiger partial charge in [0.25, 0.3) is 0 Å². The van der Waals surface area contributed by atoms with Crippen molar-refractivity contribution >= 4 is 16.8 Å². The van der Waals surface area contributed by atoms with Gasteiger partial charge in [0, 0.05) is 23.4 Å². The van der Waals surface area contributed by atoms with Crippen molar-refractivity contribution < 1.29 is 17.3 Å². The number of phenolic OH excluding ortho intramolecular Hbond substituents is 1. The molecule has 0 fully saturated rings. The fourth-order valence-corrected chi connectivity index (χ4v) is 3.87. The molecular formula is C25H18N2O3. The van der Waals surface area contributed by atoms with E-state index in [0.717, 1.165) is 10.9 Å². The number of phenols is 1. The summed E-state index contributed by atoms with van der Waals surface area (Å²) < 4.78 is 29.6. The van der Waals surface area contributed by atoms with Crippen molar-refractivity contribution in [3.8, 4) is 17.4 Å². The molecule has 2 heterocycles. The molecule has 1 aliphatic carbocycles. The predicted molar refractivity (Wildman–Crippen MR) is 114 cm³/mol. The number of nitrogens with zero attached hydrogens (tertiary/aromatic N) is 2. The number of aliphatic imine (C=N–C) groups is 1. The zero-order valence-corrected chi connectivity index (χ0v) is 15.9. The van der Waals surface area contributed by atoms with E-state index in [1.165, 1.54) is 0 Å². The van der Waals surface area contributed by atoms with Gasteiger partial charge in [-0.05, 0) is 41.5 Å². The van der Waals surface area contributed by atoms with E-state index < -0.39 is 12.1 Å². The van der Waals surface area contributed by atoms with Crippen LogP contribution < -0.4 is 4.74 Å². The molecule has 0 radical (unpaired) electrons. The monoisotopic (exact) mass is 396 g/mol. The summed E-state index contributed by atoms with van der Waals surface area (Å²) in [5, 5.41) is 10.9. The maximum Gasteiger partial charge on any atom is 0.219 e. The van der Waals surface area contributed by atoms with E-state index in [2.05, 4.69) is 9.98 Å². The highest BCUT2D eigenvalue weighted by Crippen LogP contribution is 2.41. The minimum absolute atomic E-state index is 0.0868. The lowest BCUT2D eigenvalue weighted by Crippen LogP contribution is -2.13. The Kier molecular flexibility index (Phi) is 3.31. The van der Waals surface area contributed by atoms with Gasteiger partial charge in [-0.25, -0.2) is 9.98 Å². The maximum atomic E-state index is 10.1. The van der Waals surface area contributed by atoms with Crippen LogP contribution in [0.4, 0.5) is 0 Å². The topological polar surface area (TPSA) is 63.9 Å². The van der Waals surface area contributed by atoms with Gasteiger partial charge in [-0.3, -0.25) is 0 Å². The Labute approximate surface area is 176 Å². The number of para-hydroxylation sites is 1. The molecule has 1 aliphatic heterocycles. The minimum Gasteiger partial charge on any atom is -0.506 e. The normalized spacial score (nSPS) is 25.0. The lowest BCUT2D eigenvalue weighted by atomic mass is 10.1. The van der Waals surface area contributed by atoms with Crippen LogP contribution in [0.3, 0.4) is 0 Å². The summed E-state index contributed by atoms with van der Waals surface area (Å²) in [7, 11) is 0. The number of benzene rings is 3. The van der Waals surface area contributed by atoms with Crippen LogP contribution in [-0.4, -0.2) is 22.1 Å². The average Bonchev–Trinajstić information content (AvgIpc) is 3.17. The first-order chi connectivity index (χ1) is 15.5. The highest BCUT2D eigenvalue weighted by molar-refractivity contribution is 5.96. The molecule has 3 aromatic carbocycles. The molecule has 1 N–H and O–H groups in total. The summed E-state index contributed by atoms with van der Waals surface area (Å²) in [5.41, 5.74) is 2.71. The molecule has 0 saturated heterocycles. The molecule has 5 nitrogen and oxygen atoms in total. The summed E-state index contributed by atoms with van der Waals surface area (Å²) in [6.45, 7) is 0. The Morgan fingerprint density at radius 2 is 1.90 bits per heavy atom. The lowest BCUT2D eigenvalue weighted by molar-refractivity contribution is 0.206. The predicted octanol–water partition coefficient (Wildman–Crippen LogP) is 5.18. The van der Waals surface area contributed by atoms with Gasteiger partial charge in [0.2, 0.25) is 11.8 Å². The molecule has 4 aromatic rings. The lowest BCUT2D eigenvalue weighted by Gasteiger charge is -2.10. The molecule has 0 amide bonds. The van der Waals surface area contributed by atoms with Crippen molar-refractivity contribution in [2.75, 3.05) is 0 Å². The Morgan fingerprint density at radius 3 is 2.87 bits per heavy atom. The quantitative estimate of drug-likeness (QED) is 0.519. The molecule has 5 heteroatoms. The summed E-state index contributed by atoms with van der Waals surface area (Å²) in [5.74, 6) is 1.18. The van der Waals surface area contributed by atoms with E-state index in [1.54, 1.807) is 36.4 Å². The fourth-order valence-electron chi connectivity index (χ4n) is 3.87. The highest BCUT2D eigenvalue weighted by atomic mass is 16.5. The number of aromatic nitrogens is 1. The standard InChI is InChI=1S/C25H18N2O3/c28-20-10-4-6-15-11-12-22(26-23(15)20)29-18-8-3-7-17(13-18)25-27-24-19-9-2-1-5-16(19)14-21(24)30-25/h1-13,21,24,28H,14H2/t21-,24+/m1/s1/i21D,24D. The van der Waals surface area contributed by atoms with Crippen LogP contribution in [0.15, 0.2) is 83.9 Å².